The van der Waals surface area contributed by atoms with Crippen molar-refractivity contribution in [3.63, 3.8) is 0 Å². The number of carbonyl (C=O) groups is 1. The molecule has 0 fully saturated rings. The van der Waals surface area contributed by atoms with Crippen molar-refractivity contribution in [3.8, 4) is 0 Å². The SMILES string of the molecule is Cc1cc(NC(=NC(C)(C)C)NC(=O)c2ccc(F)c(F)c2)n[nH]1. The van der Waals surface area contributed by atoms with Crippen molar-refractivity contribution >= 4 is 17.7 Å². The summed E-state index contributed by atoms with van der Waals surface area (Å²) in [6, 6.07) is 4.66. The number of aliphatic imine (C=N–C) groups is 1. The van der Waals surface area contributed by atoms with Gasteiger partial charge in [-0.1, -0.05) is 0 Å². The van der Waals surface area contributed by atoms with Gasteiger partial charge in [0.05, 0.1) is 5.54 Å². The van der Waals surface area contributed by atoms with Crippen molar-refractivity contribution in [1.29, 1.82) is 0 Å². The average Bonchev–Trinajstić information content (AvgIpc) is 2.85. The van der Waals surface area contributed by atoms with Gasteiger partial charge in [-0.25, -0.2) is 13.8 Å². The van der Waals surface area contributed by atoms with Gasteiger partial charge in [-0.3, -0.25) is 15.2 Å². The normalized spacial score (nSPS) is 12.2. The van der Waals surface area contributed by atoms with E-state index in [2.05, 4.69) is 25.8 Å². The molecule has 24 heavy (non-hydrogen) atoms. The third kappa shape index (κ3) is 4.87. The number of H-pyrrole nitrogens is 1. The van der Waals surface area contributed by atoms with Gasteiger partial charge >= 0.3 is 0 Å². The highest BCUT2D eigenvalue weighted by Gasteiger charge is 2.16. The number of hydrogen-bond donors (Lipinski definition) is 3. The number of aromatic nitrogens is 2. The topological polar surface area (TPSA) is 82.2 Å². The van der Waals surface area contributed by atoms with Crippen LogP contribution in [0.15, 0.2) is 29.3 Å². The maximum Gasteiger partial charge on any atom is 0.258 e. The second kappa shape index (κ2) is 6.77. The van der Waals surface area contributed by atoms with E-state index in [1.807, 2.05) is 27.7 Å². The zero-order valence-corrected chi connectivity index (χ0v) is 13.9. The Morgan fingerprint density at radius 2 is 1.92 bits per heavy atom. The van der Waals surface area contributed by atoms with Crippen LogP contribution in [0.3, 0.4) is 0 Å². The molecule has 2 aromatic rings. The fourth-order valence-electron chi connectivity index (χ4n) is 1.84. The molecule has 0 bridgehead atoms. The van der Waals surface area contributed by atoms with Gasteiger partial charge in [0.15, 0.2) is 17.5 Å². The number of hydrogen-bond acceptors (Lipinski definition) is 3. The number of carbonyl (C=O) groups excluding carboxylic acids is 1. The molecule has 2 rings (SSSR count). The van der Waals surface area contributed by atoms with Crippen molar-refractivity contribution in [2.24, 2.45) is 4.99 Å². The number of anilines is 1. The molecule has 128 valence electrons. The number of amides is 1. The van der Waals surface area contributed by atoms with Crippen LogP contribution in [0.2, 0.25) is 0 Å². The predicted molar refractivity (Wildman–Crippen MR) is 88.0 cm³/mol. The van der Waals surface area contributed by atoms with Gasteiger partial charge in [0.25, 0.3) is 5.91 Å². The first-order valence-electron chi connectivity index (χ1n) is 7.29. The van der Waals surface area contributed by atoms with E-state index >= 15 is 0 Å². The van der Waals surface area contributed by atoms with E-state index in [4.69, 9.17) is 0 Å². The molecule has 8 heteroatoms. The van der Waals surface area contributed by atoms with E-state index in [0.29, 0.717) is 5.82 Å². The van der Waals surface area contributed by atoms with E-state index < -0.39 is 23.1 Å². The van der Waals surface area contributed by atoms with E-state index in [1.54, 1.807) is 6.07 Å². The van der Waals surface area contributed by atoms with Crippen LogP contribution in [0, 0.1) is 18.6 Å². The molecule has 0 atom stereocenters. The Balaban J connectivity index is 2.22. The average molecular weight is 335 g/mol. The van der Waals surface area contributed by atoms with Crippen LogP contribution in [0.1, 0.15) is 36.8 Å². The predicted octanol–water partition coefficient (Wildman–Crippen LogP) is 2.99. The van der Waals surface area contributed by atoms with E-state index in [9.17, 15) is 13.6 Å². The minimum absolute atomic E-state index is 0.0180. The van der Waals surface area contributed by atoms with Crippen molar-refractivity contribution in [2.75, 3.05) is 5.32 Å². The van der Waals surface area contributed by atoms with Crippen LogP contribution in [0.25, 0.3) is 0 Å². The maximum absolute atomic E-state index is 13.3. The number of benzene rings is 1. The number of rotatable bonds is 2. The quantitative estimate of drug-likeness (QED) is 0.583. The summed E-state index contributed by atoms with van der Waals surface area (Å²) in [5.41, 5.74) is 0.338. The zero-order chi connectivity index (χ0) is 17.9. The van der Waals surface area contributed by atoms with Gasteiger partial charge in [-0.2, -0.15) is 5.10 Å². The Kier molecular flexibility index (Phi) is 4.96. The lowest BCUT2D eigenvalue weighted by Crippen LogP contribution is -2.38. The third-order valence-electron chi connectivity index (χ3n) is 2.81. The Bertz CT molecular complexity index is 777. The van der Waals surface area contributed by atoms with Crippen molar-refractivity contribution in [1.82, 2.24) is 15.5 Å². The minimum Gasteiger partial charge on any atom is -0.309 e. The first-order chi connectivity index (χ1) is 11.1. The summed E-state index contributed by atoms with van der Waals surface area (Å²) in [7, 11) is 0. The zero-order valence-electron chi connectivity index (χ0n) is 13.9. The molecule has 1 aromatic carbocycles. The molecule has 1 amide bonds. The lowest BCUT2D eigenvalue weighted by Gasteiger charge is -2.17. The van der Waals surface area contributed by atoms with E-state index in [1.165, 1.54) is 6.07 Å². The van der Waals surface area contributed by atoms with Gasteiger partial charge in [-0.15, -0.1) is 0 Å². The monoisotopic (exact) mass is 335 g/mol. The molecule has 0 radical (unpaired) electrons. The van der Waals surface area contributed by atoms with Crippen molar-refractivity contribution in [3.05, 3.63) is 47.2 Å². The van der Waals surface area contributed by atoms with Crippen LogP contribution in [-0.2, 0) is 0 Å². The minimum atomic E-state index is -1.09. The summed E-state index contributed by atoms with van der Waals surface area (Å²) in [4.78, 5) is 16.6. The fraction of sp³-hybridized carbons (Fsp3) is 0.312. The highest BCUT2D eigenvalue weighted by molar-refractivity contribution is 6.09. The van der Waals surface area contributed by atoms with Crippen molar-refractivity contribution in [2.45, 2.75) is 33.2 Å². The van der Waals surface area contributed by atoms with Crippen LogP contribution in [-0.4, -0.2) is 27.6 Å². The lowest BCUT2D eigenvalue weighted by molar-refractivity contribution is 0.0976. The second-order valence-electron chi connectivity index (χ2n) is 6.28. The Morgan fingerprint density at radius 1 is 1.21 bits per heavy atom. The van der Waals surface area contributed by atoms with Gasteiger partial charge in [-0.05, 0) is 45.9 Å². The van der Waals surface area contributed by atoms with E-state index in [-0.39, 0.29) is 11.5 Å². The Hall–Kier alpha value is -2.77. The maximum atomic E-state index is 13.3. The highest BCUT2D eigenvalue weighted by Crippen LogP contribution is 2.11. The fourth-order valence-corrected chi connectivity index (χ4v) is 1.84. The van der Waals surface area contributed by atoms with Crippen LogP contribution >= 0.6 is 0 Å². The number of aromatic amines is 1. The molecular weight excluding hydrogens is 316 g/mol. The summed E-state index contributed by atoms with van der Waals surface area (Å²) >= 11 is 0. The molecule has 1 heterocycles. The van der Waals surface area contributed by atoms with Gasteiger partial charge < -0.3 is 5.32 Å². The molecule has 0 aliphatic carbocycles. The first-order valence-corrected chi connectivity index (χ1v) is 7.29. The summed E-state index contributed by atoms with van der Waals surface area (Å²) in [5, 5.41) is 12.2. The Labute approximate surface area is 138 Å². The standard InChI is InChI=1S/C16H19F2N5O/c1-9-7-13(23-22-9)19-15(21-16(2,3)4)20-14(24)10-5-6-11(17)12(18)8-10/h5-8H,1-4H3,(H3,19,20,21,22,23,24). The summed E-state index contributed by atoms with van der Waals surface area (Å²) in [6.45, 7) is 7.40. The first kappa shape index (κ1) is 17.6. The molecule has 0 saturated heterocycles. The number of nitrogens with zero attached hydrogens (tertiary/aromatic N) is 2. The van der Waals surface area contributed by atoms with Gasteiger partial charge in [0, 0.05) is 17.3 Å². The van der Waals surface area contributed by atoms with Gasteiger partial charge in [0.2, 0.25) is 5.96 Å². The molecule has 0 aliphatic rings. The van der Waals surface area contributed by atoms with Crippen molar-refractivity contribution < 1.29 is 13.6 Å². The molecule has 0 saturated carbocycles. The van der Waals surface area contributed by atoms with Crippen LogP contribution in [0.4, 0.5) is 14.6 Å². The lowest BCUT2D eigenvalue weighted by atomic mass is 10.1. The second-order valence-corrected chi connectivity index (χ2v) is 6.28. The number of halogens is 2. The summed E-state index contributed by atoms with van der Waals surface area (Å²) in [5.74, 6) is -2.09. The largest absolute Gasteiger partial charge is 0.309 e. The van der Waals surface area contributed by atoms with Crippen LogP contribution < -0.4 is 10.6 Å². The molecular formula is C16H19F2N5O. The summed E-state index contributed by atoms with van der Waals surface area (Å²) < 4.78 is 26.3. The highest BCUT2D eigenvalue weighted by atomic mass is 19.2. The molecule has 0 spiro atoms. The van der Waals surface area contributed by atoms with Gasteiger partial charge in [0.1, 0.15) is 0 Å². The number of nitrogens with one attached hydrogen (secondary N) is 3. The molecule has 0 aliphatic heterocycles. The van der Waals surface area contributed by atoms with Crippen LogP contribution in [0.5, 0.6) is 0 Å². The molecule has 0 unspecified atom stereocenters. The molecule has 1 aromatic heterocycles. The number of aryl methyl sites for hydroxylation is 1. The molecule has 3 N–H and O–H groups in total. The Morgan fingerprint density at radius 3 is 2.46 bits per heavy atom. The summed E-state index contributed by atoms with van der Waals surface area (Å²) in [6.07, 6.45) is 0. The van der Waals surface area contributed by atoms with E-state index in [0.717, 1.165) is 17.8 Å². The third-order valence-corrected chi connectivity index (χ3v) is 2.81. The number of guanidine groups is 1. The molecule has 6 nitrogen and oxygen atoms in total. The smallest absolute Gasteiger partial charge is 0.258 e.